The van der Waals surface area contributed by atoms with E-state index < -0.39 is 78.6 Å². The third kappa shape index (κ3) is 5.08. The van der Waals surface area contributed by atoms with Gasteiger partial charge in [-0.1, -0.05) is 6.58 Å². The normalized spacial score (nSPS) is 17.7. The van der Waals surface area contributed by atoms with Crippen LogP contribution >= 0.6 is 0 Å². The van der Waals surface area contributed by atoms with E-state index in [4.69, 9.17) is 0 Å². The van der Waals surface area contributed by atoms with Crippen molar-refractivity contribution < 1.29 is 92.9 Å². The summed E-state index contributed by atoms with van der Waals surface area (Å²) in [6.07, 6.45) is -29.4. The summed E-state index contributed by atoms with van der Waals surface area (Å²) in [4.78, 5) is 10.7. The van der Waals surface area contributed by atoms with Crippen molar-refractivity contribution in [1.82, 2.24) is 0 Å². The number of carbonyl (C=O) groups is 1. The highest BCUT2D eigenvalue weighted by Gasteiger charge is 2.93. The molecule has 0 N–H and O–H groups in total. The Bertz CT molecular complexity index is 770. The summed E-state index contributed by atoms with van der Waals surface area (Å²) in [6.45, 7) is 2.29. The highest BCUT2D eigenvalue weighted by atomic mass is 19.4. The molecule has 0 aromatic rings. The van der Waals surface area contributed by atoms with Crippen LogP contribution < -0.4 is 0 Å². The molecule has 0 heterocycles. The van der Waals surface area contributed by atoms with Crippen LogP contribution in [-0.2, 0) is 9.53 Å². The van der Waals surface area contributed by atoms with Crippen molar-refractivity contribution in [1.29, 1.82) is 0 Å². The van der Waals surface area contributed by atoms with Gasteiger partial charge >= 0.3 is 47.7 Å². The zero-order valence-electron chi connectivity index (χ0n) is 15.6. The van der Waals surface area contributed by atoms with Gasteiger partial charge in [0, 0.05) is 6.08 Å². The second-order valence-electron chi connectivity index (χ2n) is 6.29. The summed E-state index contributed by atoms with van der Waals surface area (Å²) >= 11 is 0. The second-order valence-corrected chi connectivity index (χ2v) is 6.29. The highest BCUT2D eigenvalue weighted by molar-refractivity contribution is 5.81. The Kier molecular flexibility index (Phi) is 8.83. The Morgan fingerprint density at radius 3 is 1.26 bits per heavy atom. The Morgan fingerprint density at radius 2 is 0.971 bits per heavy atom. The van der Waals surface area contributed by atoms with E-state index in [0.29, 0.717) is 0 Å². The van der Waals surface area contributed by atoms with Gasteiger partial charge in [-0.05, 0) is 0 Å². The minimum Gasteiger partial charge on any atom is -0.443 e. The standard InChI is InChI=1S/C14H7F19O2/c1-2-3(34)35-7(10(23,24)25)9(21,22)12(28,29)14(32,33)13(30,31)11(26,27)8(19,20)5(16)4(15)6(17)18/h2,4-7H,1H2. The maximum absolute atomic E-state index is 13.7. The third-order valence-corrected chi connectivity index (χ3v) is 3.91. The van der Waals surface area contributed by atoms with Gasteiger partial charge in [-0.2, -0.15) is 65.9 Å². The topological polar surface area (TPSA) is 26.3 Å². The summed E-state index contributed by atoms with van der Waals surface area (Å²) in [5.74, 6) is -52.7. The van der Waals surface area contributed by atoms with Crippen molar-refractivity contribution in [3.05, 3.63) is 12.7 Å². The van der Waals surface area contributed by atoms with Gasteiger partial charge in [-0.25, -0.2) is 22.4 Å². The van der Waals surface area contributed by atoms with Crippen LogP contribution in [0.1, 0.15) is 0 Å². The van der Waals surface area contributed by atoms with Crippen molar-refractivity contribution in [2.75, 3.05) is 0 Å². The lowest BCUT2D eigenvalue weighted by atomic mass is 9.87. The van der Waals surface area contributed by atoms with E-state index in [2.05, 4.69) is 11.3 Å². The van der Waals surface area contributed by atoms with Gasteiger partial charge < -0.3 is 4.74 Å². The lowest BCUT2D eigenvalue weighted by molar-refractivity contribution is -0.443. The lowest BCUT2D eigenvalue weighted by Gasteiger charge is -2.43. The molecule has 0 aliphatic carbocycles. The quantitative estimate of drug-likeness (QED) is 0.164. The summed E-state index contributed by atoms with van der Waals surface area (Å²) in [7, 11) is 0. The van der Waals surface area contributed by atoms with Gasteiger partial charge in [0.25, 0.3) is 12.5 Å². The van der Waals surface area contributed by atoms with Crippen LogP contribution in [0.5, 0.6) is 0 Å². The van der Waals surface area contributed by atoms with Gasteiger partial charge in [0.1, 0.15) is 0 Å². The van der Waals surface area contributed by atoms with E-state index in [0.717, 1.165) is 0 Å². The van der Waals surface area contributed by atoms with Gasteiger partial charge in [0.2, 0.25) is 6.17 Å². The molecule has 0 aliphatic rings. The largest absolute Gasteiger partial charge is 0.443 e. The molecule has 0 aromatic heterocycles. The summed E-state index contributed by atoms with van der Waals surface area (Å²) in [5.41, 5.74) is 0. The predicted octanol–water partition coefficient (Wildman–Crippen LogP) is 6.40. The maximum atomic E-state index is 13.7. The first-order valence-corrected chi connectivity index (χ1v) is 7.83. The Hall–Kier alpha value is -2.12. The second kappa shape index (κ2) is 9.40. The molecule has 35 heavy (non-hydrogen) atoms. The van der Waals surface area contributed by atoms with Crippen LogP contribution in [-0.4, -0.2) is 72.6 Å². The van der Waals surface area contributed by atoms with E-state index in [9.17, 15) is 88.2 Å². The van der Waals surface area contributed by atoms with Crippen molar-refractivity contribution in [3.8, 4) is 0 Å². The minimum absolute atomic E-state index is 0.480. The molecule has 0 amide bonds. The molecule has 0 rings (SSSR count). The van der Waals surface area contributed by atoms with Crippen molar-refractivity contribution in [2.24, 2.45) is 0 Å². The van der Waals surface area contributed by atoms with Crippen LogP contribution in [0.4, 0.5) is 83.4 Å². The molecule has 0 bridgehead atoms. The Labute approximate surface area is 179 Å². The molecule has 208 valence electrons. The molecule has 0 aromatic carbocycles. The summed E-state index contributed by atoms with van der Waals surface area (Å²) in [6, 6.07) is 0. The van der Waals surface area contributed by atoms with Crippen LogP contribution in [0, 0.1) is 0 Å². The number of carbonyl (C=O) groups excluding carboxylic acids is 1. The van der Waals surface area contributed by atoms with Crippen molar-refractivity contribution in [2.45, 2.75) is 66.6 Å². The molecule has 0 spiro atoms. The molecular formula is C14H7F19O2. The maximum Gasteiger partial charge on any atom is 0.431 e. The number of esters is 1. The van der Waals surface area contributed by atoms with Crippen LogP contribution in [0.2, 0.25) is 0 Å². The number of hydrogen-bond donors (Lipinski definition) is 0. The minimum atomic E-state index is -8.73. The highest BCUT2D eigenvalue weighted by Crippen LogP contribution is 2.62. The van der Waals surface area contributed by atoms with Gasteiger partial charge in [0.15, 0.2) is 6.17 Å². The van der Waals surface area contributed by atoms with E-state index >= 15 is 0 Å². The Morgan fingerprint density at radius 1 is 0.629 bits per heavy atom. The number of hydrogen-bond acceptors (Lipinski definition) is 2. The molecule has 3 unspecified atom stereocenters. The SMILES string of the molecule is C=CC(=O)OC(C(F)(F)F)C(F)(F)C(F)(F)C(F)(F)C(F)(F)C(F)(F)C(F)(F)C(F)C(F)C(F)F. The number of halogens is 19. The van der Waals surface area contributed by atoms with Gasteiger partial charge in [-0.15, -0.1) is 0 Å². The summed E-state index contributed by atoms with van der Waals surface area (Å²) in [5, 5.41) is 0. The third-order valence-electron chi connectivity index (χ3n) is 3.91. The first-order chi connectivity index (χ1) is 15.1. The fourth-order valence-electron chi connectivity index (χ4n) is 1.99. The van der Waals surface area contributed by atoms with Crippen molar-refractivity contribution >= 4 is 5.97 Å². The smallest absolute Gasteiger partial charge is 0.431 e. The van der Waals surface area contributed by atoms with E-state index in [1.807, 2.05) is 0 Å². The van der Waals surface area contributed by atoms with Crippen LogP contribution in [0.3, 0.4) is 0 Å². The van der Waals surface area contributed by atoms with Gasteiger partial charge in [0.05, 0.1) is 0 Å². The van der Waals surface area contributed by atoms with E-state index in [1.165, 1.54) is 0 Å². The molecule has 0 fully saturated rings. The molecule has 2 nitrogen and oxygen atoms in total. The predicted molar refractivity (Wildman–Crippen MR) is 71.6 cm³/mol. The molecule has 21 heteroatoms. The molecule has 3 atom stereocenters. The van der Waals surface area contributed by atoms with E-state index in [-0.39, 0.29) is 0 Å². The van der Waals surface area contributed by atoms with Gasteiger partial charge in [-0.3, -0.25) is 0 Å². The molecular weight excluding hydrogens is 561 g/mol. The molecule has 0 radical (unpaired) electrons. The van der Waals surface area contributed by atoms with Crippen LogP contribution in [0.15, 0.2) is 12.7 Å². The monoisotopic (exact) mass is 568 g/mol. The van der Waals surface area contributed by atoms with Crippen LogP contribution in [0.25, 0.3) is 0 Å². The molecule has 0 aliphatic heterocycles. The number of ether oxygens (including phenoxy) is 1. The Balaban J connectivity index is 6.87. The summed E-state index contributed by atoms with van der Waals surface area (Å²) < 4.78 is 252. The first-order valence-electron chi connectivity index (χ1n) is 7.83. The number of rotatable bonds is 11. The van der Waals surface area contributed by atoms with E-state index in [1.54, 1.807) is 0 Å². The molecule has 0 saturated carbocycles. The average molecular weight is 568 g/mol. The lowest BCUT2D eigenvalue weighted by Crippen LogP contribution is -2.74. The first kappa shape index (κ1) is 32.9. The zero-order chi connectivity index (χ0) is 28.8. The fourth-order valence-corrected chi connectivity index (χ4v) is 1.99. The number of alkyl halides is 19. The average Bonchev–Trinajstić information content (AvgIpc) is 2.68. The molecule has 0 saturated heterocycles. The zero-order valence-corrected chi connectivity index (χ0v) is 15.6. The van der Waals surface area contributed by atoms with Crippen molar-refractivity contribution in [3.63, 3.8) is 0 Å². The fraction of sp³-hybridized carbons (Fsp3) is 0.786.